The molecule has 0 aliphatic carbocycles. The van der Waals surface area contributed by atoms with Crippen molar-refractivity contribution in [2.45, 2.75) is 70.2 Å². The lowest BCUT2D eigenvalue weighted by Gasteiger charge is -2.32. The molecule has 1 fully saturated rings. The van der Waals surface area contributed by atoms with E-state index in [0.717, 1.165) is 50.7 Å². The van der Waals surface area contributed by atoms with E-state index in [4.69, 9.17) is 4.74 Å². The van der Waals surface area contributed by atoms with Gasteiger partial charge in [0.1, 0.15) is 0 Å². The highest BCUT2D eigenvalue weighted by molar-refractivity contribution is 7.89. The van der Waals surface area contributed by atoms with Gasteiger partial charge in [0.15, 0.2) is 0 Å². The van der Waals surface area contributed by atoms with Gasteiger partial charge in [-0.2, -0.15) is 4.31 Å². The molecule has 1 saturated heterocycles. The van der Waals surface area contributed by atoms with Crippen molar-refractivity contribution in [3.8, 4) is 0 Å². The van der Waals surface area contributed by atoms with Crippen LogP contribution in [0, 0.1) is 6.92 Å². The summed E-state index contributed by atoms with van der Waals surface area (Å²) in [7, 11) is -3.59. The van der Waals surface area contributed by atoms with Crippen molar-refractivity contribution in [3.05, 3.63) is 29.3 Å². The van der Waals surface area contributed by atoms with E-state index in [1.54, 1.807) is 16.4 Å². The highest BCUT2D eigenvalue weighted by Gasteiger charge is 2.31. The molecule has 0 aromatic heterocycles. The van der Waals surface area contributed by atoms with Crippen LogP contribution in [0.3, 0.4) is 0 Å². The number of benzene rings is 1. The molecule has 6 nitrogen and oxygen atoms in total. The Morgan fingerprint density at radius 3 is 2.71 bits per heavy atom. The van der Waals surface area contributed by atoms with Crippen LogP contribution in [0.4, 0.5) is 0 Å². The third-order valence-corrected chi connectivity index (χ3v) is 7.21. The maximum absolute atomic E-state index is 13.0. The molecule has 1 aliphatic rings. The van der Waals surface area contributed by atoms with Crippen molar-refractivity contribution >= 4 is 15.9 Å². The fourth-order valence-corrected chi connectivity index (χ4v) is 5.12. The first-order chi connectivity index (χ1) is 13.4. The number of hydrogen-bond donors (Lipinski definition) is 1. The third kappa shape index (κ3) is 6.03. The van der Waals surface area contributed by atoms with Crippen LogP contribution in [0.2, 0.25) is 0 Å². The van der Waals surface area contributed by atoms with Crippen LogP contribution in [-0.4, -0.2) is 51.0 Å². The fourth-order valence-electron chi connectivity index (χ4n) is 3.39. The molecule has 1 unspecified atom stereocenters. The average molecular weight is 411 g/mol. The van der Waals surface area contributed by atoms with Gasteiger partial charge in [0, 0.05) is 37.9 Å². The Labute approximate surface area is 169 Å². The van der Waals surface area contributed by atoms with Gasteiger partial charge in [0.2, 0.25) is 10.0 Å². The normalized spacial score (nSPS) is 18.2. The van der Waals surface area contributed by atoms with E-state index >= 15 is 0 Å². The number of nitrogens with zero attached hydrogens (tertiary/aromatic N) is 1. The summed E-state index contributed by atoms with van der Waals surface area (Å²) in [6.07, 6.45) is 5.68. The number of carbonyl (C=O) groups excluding carboxylic acids is 1. The minimum atomic E-state index is -3.59. The maximum Gasteiger partial charge on any atom is 0.251 e. The van der Waals surface area contributed by atoms with E-state index in [0.29, 0.717) is 25.3 Å². The highest BCUT2D eigenvalue weighted by atomic mass is 32.2. The number of rotatable bonds is 10. The molecule has 1 atom stereocenters. The van der Waals surface area contributed by atoms with Gasteiger partial charge in [0.05, 0.1) is 4.90 Å². The van der Waals surface area contributed by atoms with Gasteiger partial charge in [-0.3, -0.25) is 4.79 Å². The second-order valence-electron chi connectivity index (χ2n) is 7.51. The number of hydrogen-bond acceptors (Lipinski definition) is 4. The quantitative estimate of drug-likeness (QED) is 0.599. The second kappa shape index (κ2) is 10.9. The summed E-state index contributed by atoms with van der Waals surface area (Å²) in [5.74, 6) is -0.241. The number of aryl methyl sites for hydroxylation is 1. The number of amides is 1. The first kappa shape index (κ1) is 22.8. The lowest BCUT2D eigenvalue weighted by Crippen LogP contribution is -2.42. The molecule has 0 bridgehead atoms. The molecule has 158 valence electrons. The van der Waals surface area contributed by atoms with E-state index in [9.17, 15) is 13.2 Å². The lowest BCUT2D eigenvalue weighted by atomic mass is 10.1. The predicted octanol–water partition coefficient (Wildman–Crippen LogP) is 3.49. The molecular formula is C21H34N2O4S. The number of carbonyl (C=O) groups is 1. The number of piperidine rings is 1. The maximum atomic E-state index is 13.0. The Morgan fingerprint density at radius 1 is 1.25 bits per heavy atom. The van der Waals surface area contributed by atoms with Gasteiger partial charge in [0.25, 0.3) is 5.91 Å². The predicted molar refractivity (Wildman–Crippen MR) is 111 cm³/mol. The van der Waals surface area contributed by atoms with E-state index < -0.39 is 10.0 Å². The van der Waals surface area contributed by atoms with Crippen molar-refractivity contribution in [1.29, 1.82) is 0 Å². The van der Waals surface area contributed by atoms with Crippen LogP contribution in [-0.2, 0) is 14.8 Å². The molecule has 2 rings (SSSR count). The number of unbranched alkanes of at least 4 members (excludes halogenated alkanes) is 1. The summed E-state index contributed by atoms with van der Waals surface area (Å²) in [6.45, 7) is 8.29. The summed E-state index contributed by atoms with van der Waals surface area (Å²) < 4.78 is 33.2. The molecule has 1 amide bonds. The molecular weight excluding hydrogens is 376 g/mol. The lowest BCUT2D eigenvalue weighted by molar-refractivity contribution is 0.0939. The van der Waals surface area contributed by atoms with Crippen molar-refractivity contribution in [1.82, 2.24) is 9.62 Å². The van der Waals surface area contributed by atoms with Crippen LogP contribution in [0.15, 0.2) is 23.1 Å². The monoisotopic (exact) mass is 410 g/mol. The van der Waals surface area contributed by atoms with Crippen LogP contribution >= 0.6 is 0 Å². The molecule has 1 aliphatic heterocycles. The van der Waals surface area contributed by atoms with Gasteiger partial charge in [-0.05, 0) is 57.2 Å². The van der Waals surface area contributed by atoms with Crippen LogP contribution < -0.4 is 5.32 Å². The fraction of sp³-hybridized carbons (Fsp3) is 0.667. The van der Waals surface area contributed by atoms with Gasteiger partial charge in [-0.1, -0.05) is 25.8 Å². The van der Waals surface area contributed by atoms with Gasteiger partial charge in [-0.25, -0.2) is 8.42 Å². The summed E-state index contributed by atoms with van der Waals surface area (Å²) in [5.41, 5.74) is 1.18. The van der Waals surface area contributed by atoms with Crippen molar-refractivity contribution in [2.24, 2.45) is 0 Å². The number of ether oxygens (including phenoxy) is 1. The molecule has 1 heterocycles. The topological polar surface area (TPSA) is 75.7 Å². The zero-order valence-corrected chi connectivity index (χ0v) is 18.2. The Bertz CT molecular complexity index is 749. The van der Waals surface area contributed by atoms with Crippen molar-refractivity contribution < 1.29 is 17.9 Å². The summed E-state index contributed by atoms with van der Waals surface area (Å²) in [6, 6.07) is 4.82. The largest absolute Gasteiger partial charge is 0.381 e. The molecule has 0 spiro atoms. The number of nitrogens with one attached hydrogen (secondary N) is 1. The molecule has 7 heteroatoms. The first-order valence-electron chi connectivity index (χ1n) is 10.4. The molecule has 28 heavy (non-hydrogen) atoms. The molecule has 1 N–H and O–H groups in total. The van der Waals surface area contributed by atoms with E-state index in [1.807, 2.05) is 13.8 Å². The smallest absolute Gasteiger partial charge is 0.251 e. The molecule has 0 saturated carbocycles. The molecule has 1 aromatic carbocycles. The SMILES string of the molecule is CCCCOCCCNC(=O)c1cc(S(=O)(=O)N2CCCCC2C)ccc1C. The van der Waals surface area contributed by atoms with E-state index in [1.165, 1.54) is 6.07 Å². The highest BCUT2D eigenvalue weighted by Crippen LogP contribution is 2.26. The molecule has 1 aromatic rings. The van der Waals surface area contributed by atoms with Gasteiger partial charge < -0.3 is 10.1 Å². The van der Waals surface area contributed by atoms with Crippen LogP contribution in [0.5, 0.6) is 0 Å². The van der Waals surface area contributed by atoms with Gasteiger partial charge >= 0.3 is 0 Å². The Hall–Kier alpha value is -1.44. The standard InChI is InChI=1S/C21H34N2O4S/c1-4-5-14-27-15-8-12-22-21(24)20-16-19(11-10-17(20)2)28(25,26)23-13-7-6-9-18(23)3/h10-11,16,18H,4-9,12-15H2,1-3H3,(H,22,24). The second-order valence-corrected chi connectivity index (χ2v) is 9.40. The average Bonchev–Trinajstić information content (AvgIpc) is 2.67. The van der Waals surface area contributed by atoms with Crippen LogP contribution in [0.25, 0.3) is 0 Å². The Morgan fingerprint density at radius 2 is 2.00 bits per heavy atom. The zero-order chi connectivity index (χ0) is 20.6. The Kier molecular flexibility index (Phi) is 8.92. The minimum absolute atomic E-state index is 0.00922. The minimum Gasteiger partial charge on any atom is -0.381 e. The number of sulfonamides is 1. The summed E-state index contributed by atoms with van der Waals surface area (Å²) in [5, 5.41) is 2.87. The summed E-state index contributed by atoms with van der Waals surface area (Å²) in [4.78, 5) is 12.8. The van der Waals surface area contributed by atoms with Gasteiger partial charge in [-0.15, -0.1) is 0 Å². The van der Waals surface area contributed by atoms with Crippen molar-refractivity contribution in [3.63, 3.8) is 0 Å². The first-order valence-corrected chi connectivity index (χ1v) is 11.8. The van der Waals surface area contributed by atoms with Crippen molar-refractivity contribution in [2.75, 3.05) is 26.3 Å². The molecule has 0 radical (unpaired) electrons. The van der Waals surface area contributed by atoms with Crippen LogP contribution in [0.1, 0.15) is 68.3 Å². The van der Waals surface area contributed by atoms with E-state index in [2.05, 4.69) is 12.2 Å². The summed E-state index contributed by atoms with van der Waals surface area (Å²) >= 11 is 0. The van der Waals surface area contributed by atoms with E-state index in [-0.39, 0.29) is 16.8 Å². The third-order valence-electron chi connectivity index (χ3n) is 5.20. The zero-order valence-electron chi connectivity index (χ0n) is 17.4. The Balaban J connectivity index is 2.01.